The number of anilines is 1. The van der Waals surface area contributed by atoms with Gasteiger partial charge in [-0.05, 0) is 36.1 Å². The maximum atomic E-state index is 11.3. The highest BCUT2D eigenvalue weighted by molar-refractivity contribution is 7.32. The molecule has 0 aliphatic carbocycles. The van der Waals surface area contributed by atoms with Crippen LogP contribution in [0, 0.1) is 0 Å². The van der Waals surface area contributed by atoms with Crippen LogP contribution in [-0.2, 0) is 21.9 Å². The minimum absolute atomic E-state index is 0.522. The average Bonchev–Trinajstić information content (AvgIpc) is 2.55. The van der Waals surface area contributed by atoms with E-state index in [0.29, 0.717) is 0 Å². The number of fused-ring (bicyclic) bond motifs is 1. The van der Waals surface area contributed by atoms with E-state index in [4.69, 9.17) is 4.52 Å². The molecule has 0 saturated heterocycles. The second-order valence-electron chi connectivity index (χ2n) is 5.36. The highest BCUT2D eigenvalue weighted by Gasteiger charge is 2.35. The number of rotatable bonds is 4. The van der Waals surface area contributed by atoms with Crippen LogP contribution < -0.4 is 4.90 Å². The lowest BCUT2D eigenvalue weighted by molar-refractivity contribution is 0.179. The van der Waals surface area contributed by atoms with Gasteiger partial charge in [0.2, 0.25) is 6.23 Å². The second-order valence-corrected chi connectivity index (χ2v) is 6.04. The van der Waals surface area contributed by atoms with Crippen LogP contribution in [0.3, 0.4) is 0 Å². The fourth-order valence-electron chi connectivity index (χ4n) is 2.92. The van der Waals surface area contributed by atoms with Gasteiger partial charge in [-0.2, -0.15) is 0 Å². The van der Waals surface area contributed by atoms with Crippen molar-refractivity contribution in [3.8, 4) is 0 Å². The Balaban J connectivity index is 1.97. The lowest BCUT2D eigenvalue weighted by atomic mass is 9.97. The van der Waals surface area contributed by atoms with Gasteiger partial charge in [0, 0.05) is 22.4 Å². The molecule has 1 N–H and O–H groups in total. The van der Waals surface area contributed by atoms with Crippen molar-refractivity contribution in [3.63, 3.8) is 0 Å². The van der Waals surface area contributed by atoms with E-state index in [1.54, 1.807) is 0 Å². The number of hydrogen-bond donors (Lipinski definition) is 1. The highest BCUT2D eigenvalue weighted by Crippen LogP contribution is 2.39. The molecule has 0 fully saturated rings. The summed E-state index contributed by atoms with van der Waals surface area (Å²) in [5.74, 6) is 0. The van der Waals surface area contributed by atoms with Gasteiger partial charge in [-0.3, -0.25) is 0 Å². The summed E-state index contributed by atoms with van der Waals surface area (Å²) in [7, 11) is -2.67. The molecular weight excluding hydrogens is 297 g/mol. The van der Waals surface area contributed by atoms with E-state index in [1.165, 1.54) is 11.1 Å². The van der Waals surface area contributed by atoms with Crippen LogP contribution in [0.1, 0.15) is 29.8 Å². The van der Waals surface area contributed by atoms with E-state index >= 15 is 0 Å². The van der Waals surface area contributed by atoms with Gasteiger partial charge < -0.3 is 4.90 Å². The van der Waals surface area contributed by atoms with Gasteiger partial charge in [-0.1, -0.05) is 47.8 Å². The summed E-state index contributed by atoms with van der Waals surface area (Å²) in [4.78, 5) is 11.3. The Morgan fingerprint density at radius 1 is 1.23 bits per heavy atom. The summed E-state index contributed by atoms with van der Waals surface area (Å²) in [6.07, 6.45) is 1.37. The molecule has 2 aromatic rings. The molecule has 2 atom stereocenters. The fraction of sp³-hybridized carbons (Fsp3) is 0.294. The molecule has 0 bridgehead atoms. The van der Waals surface area contributed by atoms with Gasteiger partial charge in [-0.25, -0.2) is 0 Å². The molecule has 0 radical (unpaired) electrons. The summed E-state index contributed by atoms with van der Waals surface area (Å²) in [5.41, 5.74) is 4.41. The molecule has 5 heteroatoms. The quantitative estimate of drug-likeness (QED) is 0.867. The molecule has 114 valence electrons. The Morgan fingerprint density at radius 2 is 1.95 bits per heavy atom. The van der Waals surface area contributed by atoms with Crippen molar-refractivity contribution in [1.82, 2.24) is 0 Å². The van der Waals surface area contributed by atoms with Crippen molar-refractivity contribution in [2.45, 2.75) is 26.0 Å². The lowest BCUT2D eigenvalue weighted by Gasteiger charge is -2.35. The minimum Gasteiger partial charge on any atom is -0.338 e. The van der Waals surface area contributed by atoms with E-state index in [-0.39, 0.29) is 0 Å². The van der Waals surface area contributed by atoms with Crippen LogP contribution in [0.15, 0.2) is 48.5 Å². The number of aryl methyl sites for hydroxylation is 1. The van der Waals surface area contributed by atoms with E-state index in [1.807, 2.05) is 41.3 Å². The van der Waals surface area contributed by atoms with Gasteiger partial charge in [0.25, 0.3) is 0 Å². The summed E-state index contributed by atoms with van der Waals surface area (Å²) in [6, 6.07) is 16.2. The normalized spacial score (nSPS) is 18.0. The Bertz CT molecular complexity index is 672. The predicted molar refractivity (Wildman–Crippen MR) is 87.0 cm³/mol. The molecule has 0 saturated carbocycles. The maximum absolute atomic E-state index is 11.3. The van der Waals surface area contributed by atoms with Crippen LogP contribution in [-0.4, -0.2) is 11.4 Å². The lowest BCUT2D eigenvalue weighted by Crippen LogP contribution is -2.36. The van der Waals surface area contributed by atoms with E-state index in [2.05, 4.69) is 19.1 Å². The average molecular weight is 316 g/mol. The predicted octanol–water partition coefficient (Wildman–Crippen LogP) is 3.98. The fourth-order valence-corrected chi connectivity index (χ4v) is 3.31. The Kier molecular flexibility index (Phi) is 4.53. The number of hydrogen-bond acceptors (Lipinski definition) is 3. The van der Waals surface area contributed by atoms with Crippen LogP contribution in [0.2, 0.25) is 0 Å². The molecule has 1 aliphatic heterocycles. The summed E-state index contributed by atoms with van der Waals surface area (Å²) < 4.78 is 16.6. The van der Waals surface area contributed by atoms with Crippen LogP contribution >= 0.6 is 8.25 Å². The van der Waals surface area contributed by atoms with E-state index in [9.17, 15) is 9.46 Å². The van der Waals surface area contributed by atoms with Gasteiger partial charge >= 0.3 is 8.25 Å². The molecule has 0 aromatic heterocycles. The number of benzene rings is 2. The first-order valence-corrected chi connectivity index (χ1v) is 8.58. The second kappa shape index (κ2) is 6.57. The maximum Gasteiger partial charge on any atom is 0.697 e. The van der Waals surface area contributed by atoms with Gasteiger partial charge in [0.15, 0.2) is 0 Å². The monoisotopic (exact) mass is 316 g/mol. The molecule has 4 nitrogen and oxygen atoms in total. The SMILES string of the molecule is CCc1ccc(N2CCc3ccccc3[C@@H]2O[P+](=O)O)cc1. The van der Waals surface area contributed by atoms with Crippen LogP contribution in [0.5, 0.6) is 0 Å². The Morgan fingerprint density at radius 3 is 2.64 bits per heavy atom. The summed E-state index contributed by atoms with van der Waals surface area (Å²) in [6.45, 7) is 2.88. The van der Waals surface area contributed by atoms with Crippen molar-refractivity contribution in [2.75, 3.05) is 11.4 Å². The third-order valence-corrected chi connectivity index (χ3v) is 4.47. The minimum atomic E-state index is -2.67. The van der Waals surface area contributed by atoms with Gasteiger partial charge in [-0.15, -0.1) is 4.89 Å². The van der Waals surface area contributed by atoms with Crippen LogP contribution in [0.25, 0.3) is 0 Å². The molecule has 1 heterocycles. The highest BCUT2D eigenvalue weighted by atomic mass is 31.1. The third kappa shape index (κ3) is 3.05. The van der Waals surface area contributed by atoms with Crippen molar-refractivity contribution in [2.24, 2.45) is 0 Å². The molecule has 1 unspecified atom stereocenters. The topological polar surface area (TPSA) is 49.8 Å². The largest absolute Gasteiger partial charge is 0.697 e. The molecule has 0 spiro atoms. The molecule has 1 aliphatic rings. The zero-order valence-electron chi connectivity index (χ0n) is 12.5. The van der Waals surface area contributed by atoms with E-state index < -0.39 is 14.5 Å². The van der Waals surface area contributed by atoms with E-state index in [0.717, 1.165) is 30.6 Å². The standard InChI is InChI=1S/C17H18NO3P/c1-2-13-7-9-15(10-8-13)18-12-11-14-5-3-4-6-16(14)17(18)21-22(19)20/h3-10,17H,2,11-12H2,1H3/p+1/t17-/m0/s1. The summed E-state index contributed by atoms with van der Waals surface area (Å²) >= 11 is 0. The zero-order chi connectivity index (χ0) is 15.5. The van der Waals surface area contributed by atoms with Crippen molar-refractivity contribution in [1.29, 1.82) is 0 Å². The third-order valence-electron chi connectivity index (χ3n) is 4.09. The van der Waals surface area contributed by atoms with Gasteiger partial charge in [0.1, 0.15) is 0 Å². The molecule has 2 aromatic carbocycles. The summed E-state index contributed by atoms with van der Waals surface area (Å²) in [5, 5.41) is 0. The smallest absolute Gasteiger partial charge is 0.338 e. The van der Waals surface area contributed by atoms with Crippen molar-refractivity contribution >= 4 is 13.9 Å². The molecule has 22 heavy (non-hydrogen) atoms. The van der Waals surface area contributed by atoms with Crippen molar-refractivity contribution in [3.05, 3.63) is 65.2 Å². The first-order chi connectivity index (χ1) is 10.7. The Labute approximate surface area is 131 Å². The first kappa shape index (κ1) is 15.2. The molecule has 3 rings (SSSR count). The molecule has 0 amide bonds. The Hall–Kier alpha value is -1.74. The molecular formula is C17H19NO3P+. The first-order valence-electron chi connectivity index (χ1n) is 7.45. The van der Waals surface area contributed by atoms with Gasteiger partial charge in [0.05, 0.1) is 0 Å². The van der Waals surface area contributed by atoms with Crippen molar-refractivity contribution < 1.29 is 14.0 Å². The van der Waals surface area contributed by atoms with Crippen LogP contribution in [0.4, 0.5) is 5.69 Å². The number of nitrogens with zero attached hydrogens (tertiary/aromatic N) is 1. The zero-order valence-corrected chi connectivity index (χ0v) is 13.4.